The van der Waals surface area contributed by atoms with Crippen LogP contribution in [-0.2, 0) is 35.2 Å². The molecule has 2 saturated heterocycles. The van der Waals surface area contributed by atoms with Crippen LogP contribution in [0, 0.1) is 12.3 Å². The molecular weight excluding hydrogens is 992 g/mol. The molecule has 4 aromatic carbocycles. The average Bonchev–Trinajstić information content (AvgIpc) is 4.03. The van der Waals surface area contributed by atoms with Crippen molar-refractivity contribution in [1.82, 2.24) is 30.3 Å². The molecule has 3 heterocycles. The van der Waals surface area contributed by atoms with E-state index in [2.05, 4.69) is 44.8 Å². The summed E-state index contributed by atoms with van der Waals surface area (Å²) in [5.41, 5.74) is 9.31. The molecule has 7 rings (SSSR count). The fourth-order valence-corrected chi connectivity index (χ4v) is 10.3. The molecule has 0 radical (unpaired) electrons. The number of alkyl halides is 1. The number of ether oxygens (including phenoxy) is 3. The minimum Gasteiger partial charge on any atom is -0.508 e. The van der Waals surface area contributed by atoms with Gasteiger partial charge < -0.3 is 44.9 Å². The Balaban J connectivity index is 0.761. The van der Waals surface area contributed by atoms with Gasteiger partial charge in [0, 0.05) is 64.5 Å². The van der Waals surface area contributed by atoms with E-state index in [4.69, 9.17) is 25.8 Å². The van der Waals surface area contributed by atoms with E-state index in [9.17, 15) is 29.4 Å². The summed E-state index contributed by atoms with van der Waals surface area (Å²) in [6.45, 7) is 12.6. The molecule has 2 aliphatic rings. The van der Waals surface area contributed by atoms with Gasteiger partial charge in [0.2, 0.25) is 23.6 Å². The molecule has 400 valence electrons. The number of hydrogen-bond acceptors (Lipinski definition) is 12. The third-order valence-electron chi connectivity index (χ3n) is 13.5. The van der Waals surface area contributed by atoms with Crippen molar-refractivity contribution < 1.29 is 43.6 Å². The lowest BCUT2D eigenvalue weighted by molar-refractivity contribution is -0.144. The van der Waals surface area contributed by atoms with Gasteiger partial charge in [-0.15, -0.1) is 22.9 Å². The Morgan fingerprint density at radius 3 is 2.08 bits per heavy atom. The van der Waals surface area contributed by atoms with E-state index in [1.54, 1.807) is 23.5 Å². The normalized spacial score (nSPS) is 16.8. The molecule has 0 unspecified atom stereocenters. The van der Waals surface area contributed by atoms with E-state index in [-0.39, 0.29) is 82.3 Å². The van der Waals surface area contributed by atoms with Crippen molar-refractivity contribution in [3.8, 4) is 21.9 Å². The van der Waals surface area contributed by atoms with E-state index in [0.717, 1.165) is 74.9 Å². The molecular formula is C58H71ClN6O9S. The molecule has 0 saturated carbocycles. The number of amides is 4. The third-order valence-corrected chi connectivity index (χ3v) is 14.7. The number of likely N-dealkylation sites (tertiary alicyclic amines) is 1. The first-order valence-corrected chi connectivity index (χ1v) is 27.2. The van der Waals surface area contributed by atoms with Crippen LogP contribution in [-0.4, -0.2) is 150 Å². The topological polar surface area (TPSA) is 183 Å². The summed E-state index contributed by atoms with van der Waals surface area (Å²) in [5, 5.41) is 26.4. The van der Waals surface area contributed by atoms with Gasteiger partial charge in [0.05, 0.1) is 55.0 Å². The number of halogens is 1. The smallest absolute Gasteiger partial charge is 0.246 e. The highest BCUT2D eigenvalue weighted by molar-refractivity contribution is 7.13. The molecule has 2 aliphatic heterocycles. The van der Waals surface area contributed by atoms with Crippen molar-refractivity contribution >= 4 is 57.7 Å². The molecule has 15 nitrogen and oxygen atoms in total. The number of aliphatic hydroxyl groups is 1. The van der Waals surface area contributed by atoms with Crippen LogP contribution in [0.15, 0.2) is 109 Å². The molecule has 75 heavy (non-hydrogen) atoms. The Bertz CT molecular complexity index is 2670. The lowest BCUT2D eigenvalue weighted by Gasteiger charge is -2.35. The Labute approximate surface area is 449 Å². The number of phenolic OH excluding ortho intramolecular Hbond substituents is 1. The number of aromatic hydroxyl groups is 1. The van der Waals surface area contributed by atoms with Crippen molar-refractivity contribution in [3.05, 3.63) is 137 Å². The summed E-state index contributed by atoms with van der Waals surface area (Å²) in [7, 11) is 0. The monoisotopic (exact) mass is 1060 g/mol. The predicted molar refractivity (Wildman–Crippen MR) is 293 cm³/mol. The van der Waals surface area contributed by atoms with Crippen molar-refractivity contribution in [2.45, 2.75) is 78.1 Å². The SMILES string of the molecule is Cc1ncsc1-c1ccc(CNC(=O)[C@@H]2C[C@@H](O)CN2C(=O)[C@@H](NC(=O)CCOCCOCCC(=O)N2CCN(CCOc3ccc(C(=C(CCCl)c4ccccc4)c4ccc(O)cc4)cc3)CC2)C(C)(C)C)cc1. The number of nitrogens with zero attached hydrogens (tertiary/aromatic N) is 4. The van der Waals surface area contributed by atoms with E-state index in [1.807, 2.05) is 105 Å². The Morgan fingerprint density at radius 2 is 1.45 bits per heavy atom. The second-order valence-electron chi connectivity index (χ2n) is 20.0. The number of carbonyl (C=O) groups excluding carboxylic acids is 4. The first-order chi connectivity index (χ1) is 36.2. The van der Waals surface area contributed by atoms with Crippen molar-refractivity contribution in [1.29, 1.82) is 0 Å². The largest absolute Gasteiger partial charge is 0.508 e. The second-order valence-corrected chi connectivity index (χ2v) is 21.2. The van der Waals surface area contributed by atoms with Gasteiger partial charge in [0.15, 0.2) is 0 Å². The summed E-state index contributed by atoms with van der Waals surface area (Å²) in [6.07, 6.45) is 0.161. The summed E-state index contributed by atoms with van der Waals surface area (Å²) < 4.78 is 17.5. The minimum absolute atomic E-state index is 0.00505. The standard InChI is InChI=1S/C58H71ClN6O9S/c1-40-54(75-39-61-40)45-12-10-41(11-13-45)37-60-56(70)50-36-47(67)38-65(50)57(71)55(58(2,3)4)62-51(68)23-31-72-34-35-73-32-24-52(69)64-28-26-63(27-29-64)30-33-74-48-20-16-44(17-21-48)53(43-14-18-46(66)19-15-43)49(22-25-59)42-8-6-5-7-9-42/h5-21,39,47,50,55,66-67H,22-38H2,1-4H3,(H,60,70)(H,62,68)/t47-,50+,55-/m1/s1. The van der Waals surface area contributed by atoms with Crippen LogP contribution in [0.5, 0.6) is 11.5 Å². The van der Waals surface area contributed by atoms with Gasteiger partial charge in [-0.05, 0) is 82.0 Å². The molecule has 17 heteroatoms. The zero-order chi connectivity index (χ0) is 53.3. The van der Waals surface area contributed by atoms with Crippen molar-refractivity contribution in [2.24, 2.45) is 5.41 Å². The number of phenols is 1. The number of hydrogen-bond donors (Lipinski definition) is 4. The average molecular weight is 1060 g/mol. The first kappa shape index (κ1) is 56.6. The maximum absolute atomic E-state index is 14.0. The highest BCUT2D eigenvalue weighted by Gasteiger charge is 2.44. The summed E-state index contributed by atoms with van der Waals surface area (Å²) in [5.74, 6) is 0.298. The quantitative estimate of drug-likeness (QED) is 0.0272. The van der Waals surface area contributed by atoms with E-state index >= 15 is 0 Å². The van der Waals surface area contributed by atoms with E-state index < -0.39 is 29.5 Å². The number of nitrogens with one attached hydrogen (secondary N) is 2. The van der Waals surface area contributed by atoms with Crippen molar-refractivity contribution in [3.63, 3.8) is 0 Å². The molecule has 2 fully saturated rings. The number of rotatable bonds is 24. The number of piperazine rings is 1. The second kappa shape index (κ2) is 27.6. The van der Waals surface area contributed by atoms with Gasteiger partial charge in [-0.2, -0.15) is 0 Å². The maximum Gasteiger partial charge on any atom is 0.246 e. The predicted octanol–water partition coefficient (Wildman–Crippen LogP) is 7.56. The summed E-state index contributed by atoms with van der Waals surface area (Å²) in [6, 6.07) is 31.6. The van der Waals surface area contributed by atoms with Gasteiger partial charge in [-0.3, -0.25) is 24.1 Å². The summed E-state index contributed by atoms with van der Waals surface area (Å²) >= 11 is 7.89. The molecule has 3 atom stereocenters. The first-order valence-electron chi connectivity index (χ1n) is 25.8. The fourth-order valence-electron chi connectivity index (χ4n) is 9.34. The fraction of sp³-hybridized carbons (Fsp3) is 0.431. The third kappa shape index (κ3) is 16.2. The van der Waals surface area contributed by atoms with E-state index in [0.29, 0.717) is 32.0 Å². The maximum atomic E-state index is 14.0. The highest BCUT2D eigenvalue weighted by atomic mass is 35.5. The van der Waals surface area contributed by atoms with E-state index in [1.165, 1.54) is 4.90 Å². The molecule has 1 aromatic heterocycles. The highest BCUT2D eigenvalue weighted by Crippen LogP contribution is 2.36. The van der Waals surface area contributed by atoms with Gasteiger partial charge in [-0.25, -0.2) is 4.98 Å². The number of aryl methyl sites for hydroxylation is 1. The zero-order valence-corrected chi connectivity index (χ0v) is 45.0. The van der Waals surface area contributed by atoms with Gasteiger partial charge in [0.1, 0.15) is 30.2 Å². The lowest BCUT2D eigenvalue weighted by atomic mass is 9.85. The number of aliphatic hydroxyl groups excluding tert-OH is 1. The van der Waals surface area contributed by atoms with Crippen LogP contribution in [0.25, 0.3) is 21.6 Å². The molecule has 5 aromatic rings. The lowest BCUT2D eigenvalue weighted by Crippen LogP contribution is -2.57. The van der Waals surface area contributed by atoms with Crippen LogP contribution in [0.2, 0.25) is 0 Å². The number of carbonyl (C=O) groups is 4. The minimum atomic E-state index is -0.945. The molecule has 0 aliphatic carbocycles. The number of β-amino-alcohol motifs (C(OH)–C–C–N with tert-alkyl or cyclic N) is 1. The Kier molecular flexibility index (Phi) is 20.8. The van der Waals surface area contributed by atoms with Gasteiger partial charge in [-0.1, -0.05) is 99.6 Å². The number of thiazole rings is 1. The summed E-state index contributed by atoms with van der Waals surface area (Å²) in [4.78, 5) is 64.5. The van der Waals surface area contributed by atoms with Gasteiger partial charge in [0.25, 0.3) is 0 Å². The molecule has 4 amide bonds. The molecule has 4 N–H and O–H groups in total. The number of aromatic nitrogens is 1. The van der Waals surface area contributed by atoms with Crippen molar-refractivity contribution in [2.75, 3.05) is 78.2 Å². The van der Waals surface area contributed by atoms with Crippen LogP contribution in [0.4, 0.5) is 0 Å². The van der Waals surface area contributed by atoms with Crippen LogP contribution in [0.1, 0.15) is 74.4 Å². The Hall–Kier alpha value is -6.14. The number of benzene rings is 4. The number of allylic oxidation sites excluding steroid dienone is 1. The molecule has 0 bridgehead atoms. The Morgan fingerprint density at radius 1 is 0.800 bits per heavy atom. The van der Waals surface area contributed by atoms with Crippen LogP contribution >= 0.6 is 22.9 Å². The van der Waals surface area contributed by atoms with Crippen LogP contribution < -0.4 is 15.4 Å². The van der Waals surface area contributed by atoms with Crippen LogP contribution in [0.3, 0.4) is 0 Å². The van der Waals surface area contributed by atoms with Gasteiger partial charge >= 0.3 is 0 Å². The molecule has 0 spiro atoms. The zero-order valence-electron chi connectivity index (χ0n) is 43.5.